The minimum atomic E-state index is -0.563. The number of nitrogens with one attached hydrogen (secondary N) is 3. The number of hydrogen-bond donors (Lipinski definition) is 3. The van der Waals surface area contributed by atoms with Crippen LogP contribution in [0.1, 0.15) is 15.9 Å². The standard InChI is InChI=1S/C31H31ClN6O4/c1-33-28(39)13-36-30(41)25-17-37(29(40)9-19-11-35-27-10-22(32)6-7-23(19)27)14-21-15-38(16-24(21)25)31(42)20-8-18-4-2-3-5-26(18)34-12-20/h2-8,10-12,21,24-25,35H,9,13-17H2,1H3,(H,33,39)(H,36,41). The summed E-state index contributed by atoms with van der Waals surface area (Å²) in [7, 11) is 1.51. The van der Waals surface area contributed by atoms with Crippen LogP contribution in [0.25, 0.3) is 21.8 Å². The highest BCUT2D eigenvalue weighted by molar-refractivity contribution is 6.31. The van der Waals surface area contributed by atoms with E-state index in [9.17, 15) is 19.2 Å². The third kappa shape index (κ3) is 5.42. The fourth-order valence-corrected chi connectivity index (χ4v) is 6.43. The molecular weight excluding hydrogens is 556 g/mol. The van der Waals surface area contributed by atoms with Crippen LogP contribution in [0.4, 0.5) is 0 Å². The number of likely N-dealkylation sites (N-methyl/N-ethyl adjacent to an activating group) is 1. The van der Waals surface area contributed by atoms with Gasteiger partial charge in [0.05, 0.1) is 30.0 Å². The first-order chi connectivity index (χ1) is 20.3. The molecule has 42 heavy (non-hydrogen) atoms. The van der Waals surface area contributed by atoms with Crippen LogP contribution in [-0.2, 0) is 20.8 Å². The predicted molar refractivity (Wildman–Crippen MR) is 159 cm³/mol. The van der Waals surface area contributed by atoms with Gasteiger partial charge in [-0.25, -0.2) is 0 Å². The molecule has 4 heterocycles. The molecule has 0 aliphatic carbocycles. The van der Waals surface area contributed by atoms with Gasteiger partial charge in [-0.2, -0.15) is 0 Å². The molecule has 3 unspecified atom stereocenters. The molecule has 2 aromatic carbocycles. The van der Waals surface area contributed by atoms with Crippen molar-refractivity contribution in [2.45, 2.75) is 6.42 Å². The van der Waals surface area contributed by atoms with Crippen molar-refractivity contribution in [2.24, 2.45) is 17.8 Å². The number of hydrogen-bond acceptors (Lipinski definition) is 5. The summed E-state index contributed by atoms with van der Waals surface area (Å²) in [5.74, 6) is -1.65. The first-order valence-electron chi connectivity index (χ1n) is 14.0. The maximum atomic E-state index is 13.6. The monoisotopic (exact) mass is 586 g/mol. The largest absolute Gasteiger partial charge is 0.361 e. The van der Waals surface area contributed by atoms with Crippen molar-refractivity contribution < 1.29 is 19.2 Å². The molecule has 2 aliphatic rings. The molecule has 3 N–H and O–H groups in total. The second-order valence-corrected chi connectivity index (χ2v) is 11.5. The number of carbonyl (C=O) groups is 4. The van der Waals surface area contributed by atoms with Crippen LogP contribution in [-0.4, -0.2) is 83.2 Å². The Labute approximate surface area is 247 Å². The predicted octanol–water partition coefficient (Wildman–Crippen LogP) is 2.62. The summed E-state index contributed by atoms with van der Waals surface area (Å²) in [4.78, 5) is 63.5. The molecule has 2 aromatic heterocycles. The van der Waals surface area contributed by atoms with Crippen LogP contribution in [0, 0.1) is 17.8 Å². The van der Waals surface area contributed by atoms with Gasteiger partial charge in [-0.3, -0.25) is 24.2 Å². The highest BCUT2D eigenvalue weighted by atomic mass is 35.5. The minimum Gasteiger partial charge on any atom is -0.361 e. The van der Waals surface area contributed by atoms with E-state index in [0.29, 0.717) is 30.2 Å². The highest BCUT2D eigenvalue weighted by Gasteiger charge is 2.47. The number of H-pyrrole nitrogens is 1. The lowest BCUT2D eigenvalue weighted by atomic mass is 9.79. The van der Waals surface area contributed by atoms with E-state index in [0.717, 1.165) is 27.4 Å². The van der Waals surface area contributed by atoms with Crippen molar-refractivity contribution in [2.75, 3.05) is 39.8 Å². The number of nitrogens with zero attached hydrogens (tertiary/aromatic N) is 3. The topological polar surface area (TPSA) is 128 Å². The van der Waals surface area contributed by atoms with Crippen molar-refractivity contribution in [1.82, 2.24) is 30.4 Å². The Bertz CT molecular complexity index is 1700. The SMILES string of the molecule is CNC(=O)CNC(=O)C1CN(C(=O)Cc2c[nH]c3cc(Cl)ccc23)CC2CN(C(=O)c3cnc4ccccc4c3)CC21. The molecule has 0 bridgehead atoms. The average Bonchev–Trinajstić information content (AvgIpc) is 3.62. The molecule has 2 aliphatic heterocycles. The van der Waals surface area contributed by atoms with E-state index in [2.05, 4.69) is 20.6 Å². The van der Waals surface area contributed by atoms with Crippen molar-refractivity contribution in [1.29, 1.82) is 0 Å². The lowest BCUT2D eigenvalue weighted by Crippen LogP contribution is -2.54. The number of aromatic amines is 1. The first-order valence-corrected chi connectivity index (χ1v) is 14.3. The van der Waals surface area contributed by atoms with Crippen molar-refractivity contribution in [3.63, 3.8) is 0 Å². The molecular formula is C31H31ClN6O4. The molecule has 3 atom stereocenters. The van der Waals surface area contributed by atoms with Gasteiger partial charge in [-0.05, 0) is 41.7 Å². The van der Waals surface area contributed by atoms with E-state index in [1.54, 1.807) is 22.1 Å². The molecule has 4 amide bonds. The van der Waals surface area contributed by atoms with Crippen LogP contribution in [0.2, 0.25) is 5.02 Å². The Morgan fingerprint density at radius 1 is 1.02 bits per heavy atom. The molecule has 11 heteroatoms. The van der Waals surface area contributed by atoms with Crippen LogP contribution in [0.3, 0.4) is 0 Å². The molecule has 216 valence electrons. The molecule has 0 radical (unpaired) electrons. The van der Waals surface area contributed by atoms with Gasteiger partial charge in [0.1, 0.15) is 0 Å². The second kappa shape index (κ2) is 11.4. The van der Waals surface area contributed by atoms with Gasteiger partial charge in [-0.15, -0.1) is 0 Å². The number of halogens is 1. The number of likely N-dealkylation sites (tertiary alicyclic amines) is 2. The first kappa shape index (κ1) is 27.7. The molecule has 2 saturated heterocycles. The van der Waals surface area contributed by atoms with Gasteiger partial charge in [-0.1, -0.05) is 35.9 Å². The zero-order chi connectivity index (χ0) is 29.4. The van der Waals surface area contributed by atoms with E-state index in [1.807, 2.05) is 48.7 Å². The zero-order valence-electron chi connectivity index (χ0n) is 23.1. The molecule has 10 nitrogen and oxygen atoms in total. The second-order valence-electron chi connectivity index (χ2n) is 11.0. The normalized spacial score (nSPS) is 20.0. The fourth-order valence-electron chi connectivity index (χ4n) is 6.26. The zero-order valence-corrected chi connectivity index (χ0v) is 23.9. The summed E-state index contributed by atoms with van der Waals surface area (Å²) >= 11 is 6.12. The maximum absolute atomic E-state index is 13.6. The van der Waals surface area contributed by atoms with E-state index < -0.39 is 5.92 Å². The summed E-state index contributed by atoms with van der Waals surface area (Å²) in [6.07, 6.45) is 3.56. The number of carbonyl (C=O) groups excluding carboxylic acids is 4. The van der Waals surface area contributed by atoms with E-state index in [-0.39, 0.29) is 55.0 Å². The molecule has 4 aromatic rings. The number of para-hydroxylation sites is 1. The Morgan fingerprint density at radius 3 is 2.67 bits per heavy atom. The Hall–Kier alpha value is -4.44. The van der Waals surface area contributed by atoms with Crippen LogP contribution < -0.4 is 10.6 Å². The summed E-state index contributed by atoms with van der Waals surface area (Å²) in [6, 6.07) is 15.0. The van der Waals surface area contributed by atoms with Crippen LogP contribution in [0.5, 0.6) is 0 Å². The number of fused-ring (bicyclic) bond motifs is 3. The fraction of sp³-hybridized carbons (Fsp3) is 0.323. The van der Waals surface area contributed by atoms with Crippen LogP contribution >= 0.6 is 11.6 Å². The molecule has 0 saturated carbocycles. The minimum absolute atomic E-state index is 0.0856. The number of pyridine rings is 1. The van der Waals surface area contributed by atoms with E-state index >= 15 is 0 Å². The molecule has 6 rings (SSSR count). The number of aromatic nitrogens is 2. The average molecular weight is 587 g/mol. The van der Waals surface area contributed by atoms with Gasteiger partial charge in [0, 0.05) is 66.9 Å². The number of benzene rings is 2. The van der Waals surface area contributed by atoms with E-state index in [1.165, 1.54) is 7.05 Å². The highest BCUT2D eigenvalue weighted by Crippen LogP contribution is 2.37. The van der Waals surface area contributed by atoms with Gasteiger partial charge >= 0.3 is 0 Å². The van der Waals surface area contributed by atoms with Crippen molar-refractivity contribution in [3.05, 3.63) is 77.1 Å². The maximum Gasteiger partial charge on any atom is 0.255 e. The lowest BCUT2D eigenvalue weighted by Gasteiger charge is -2.39. The summed E-state index contributed by atoms with van der Waals surface area (Å²) in [5.41, 5.74) is 3.00. The third-order valence-corrected chi connectivity index (χ3v) is 8.70. The number of amides is 4. The molecule has 2 fully saturated rings. The Morgan fingerprint density at radius 2 is 1.83 bits per heavy atom. The smallest absolute Gasteiger partial charge is 0.255 e. The third-order valence-electron chi connectivity index (χ3n) is 8.47. The van der Waals surface area contributed by atoms with Crippen molar-refractivity contribution in [3.8, 4) is 0 Å². The molecule has 0 spiro atoms. The summed E-state index contributed by atoms with van der Waals surface area (Å²) in [5, 5.41) is 7.63. The number of piperidine rings is 1. The van der Waals surface area contributed by atoms with Crippen LogP contribution in [0.15, 0.2) is 60.9 Å². The lowest BCUT2D eigenvalue weighted by molar-refractivity contribution is -0.139. The summed E-state index contributed by atoms with van der Waals surface area (Å²) < 4.78 is 0. The Balaban J connectivity index is 1.22. The van der Waals surface area contributed by atoms with Gasteiger partial charge < -0.3 is 25.4 Å². The quantitative estimate of drug-likeness (QED) is 0.320. The Kier molecular flexibility index (Phi) is 7.55. The summed E-state index contributed by atoms with van der Waals surface area (Å²) in [6.45, 7) is 1.31. The number of rotatable bonds is 6. The van der Waals surface area contributed by atoms with Gasteiger partial charge in [0.2, 0.25) is 17.7 Å². The van der Waals surface area contributed by atoms with E-state index in [4.69, 9.17) is 11.6 Å². The van der Waals surface area contributed by atoms with Gasteiger partial charge in [0.15, 0.2) is 0 Å². The van der Waals surface area contributed by atoms with Gasteiger partial charge in [0.25, 0.3) is 5.91 Å². The van der Waals surface area contributed by atoms with Crippen molar-refractivity contribution >= 4 is 57.0 Å².